The molecule has 0 amide bonds. The third kappa shape index (κ3) is 3.39. The van der Waals surface area contributed by atoms with Crippen LogP contribution in [-0.4, -0.2) is 15.8 Å². The van der Waals surface area contributed by atoms with Gasteiger partial charge in [0.15, 0.2) is 0 Å². The summed E-state index contributed by atoms with van der Waals surface area (Å²) in [6, 6.07) is 11.2. The minimum Gasteiger partial charge on any atom is -0.491 e. The Kier molecular flexibility index (Phi) is 4.42. The number of ether oxygens (including phenoxy) is 1. The summed E-state index contributed by atoms with van der Waals surface area (Å²) in [5.74, 6) is 0.770. The molecule has 0 spiro atoms. The molecule has 0 aliphatic heterocycles. The third-order valence-corrected chi connectivity index (χ3v) is 3.46. The molecule has 0 saturated carbocycles. The Bertz CT molecular complexity index is 724. The average molecular weight is 301 g/mol. The van der Waals surface area contributed by atoms with E-state index in [0.717, 1.165) is 17.0 Å². The Balaban J connectivity index is 2.51. The summed E-state index contributed by atoms with van der Waals surface area (Å²) in [5, 5.41) is 10.1. The van der Waals surface area contributed by atoms with Crippen LogP contribution in [0.15, 0.2) is 41.2 Å². The largest absolute Gasteiger partial charge is 0.491 e. The van der Waals surface area contributed by atoms with Gasteiger partial charge in [-0.15, -0.1) is 0 Å². The molecule has 0 aliphatic rings. The fourth-order valence-electron chi connectivity index (χ4n) is 2.39. The highest BCUT2D eigenvalue weighted by Gasteiger charge is 2.21. The molecule has 1 aromatic carbocycles. The molecule has 1 N–H and O–H groups in total. The first-order valence-electron chi connectivity index (χ1n) is 7.40. The van der Waals surface area contributed by atoms with E-state index in [1.165, 1.54) is 0 Å². The molecule has 0 atom stereocenters. The van der Waals surface area contributed by atoms with Crippen molar-refractivity contribution in [3.8, 4) is 17.0 Å². The number of pyridine rings is 1. The van der Waals surface area contributed by atoms with Gasteiger partial charge in [0.05, 0.1) is 17.4 Å². The van der Waals surface area contributed by atoms with Crippen molar-refractivity contribution in [2.75, 3.05) is 0 Å². The topological polar surface area (TPSA) is 51.5 Å². The zero-order chi connectivity index (χ0) is 16.5. The SMILES string of the molecule is CC(C)Oc1cccc(-c2ccc(C(C)(C)O)c(=O)n2C)c1. The van der Waals surface area contributed by atoms with Gasteiger partial charge in [-0.2, -0.15) is 0 Å². The number of aromatic nitrogens is 1. The second-order valence-corrected chi connectivity index (χ2v) is 6.25. The van der Waals surface area contributed by atoms with Crippen LogP contribution in [0.25, 0.3) is 11.3 Å². The van der Waals surface area contributed by atoms with Crippen LogP contribution in [0.4, 0.5) is 0 Å². The predicted octanol–water partition coefficient (Wildman–Crippen LogP) is 3.07. The van der Waals surface area contributed by atoms with Crippen molar-refractivity contribution >= 4 is 0 Å². The maximum absolute atomic E-state index is 12.4. The van der Waals surface area contributed by atoms with Crippen LogP contribution in [0.5, 0.6) is 5.75 Å². The molecule has 0 aliphatic carbocycles. The summed E-state index contributed by atoms with van der Waals surface area (Å²) < 4.78 is 7.25. The van der Waals surface area contributed by atoms with Gasteiger partial charge >= 0.3 is 0 Å². The summed E-state index contributed by atoms with van der Waals surface area (Å²) in [6.45, 7) is 7.17. The Morgan fingerprint density at radius 1 is 1.18 bits per heavy atom. The molecule has 2 aromatic rings. The second-order valence-electron chi connectivity index (χ2n) is 6.25. The van der Waals surface area contributed by atoms with E-state index in [9.17, 15) is 9.90 Å². The number of benzene rings is 1. The lowest BCUT2D eigenvalue weighted by Gasteiger charge is -2.19. The highest BCUT2D eigenvalue weighted by molar-refractivity contribution is 5.62. The van der Waals surface area contributed by atoms with Gasteiger partial charge in [-0.1, -0.05) is 12.1 Å². The van der Waals surface area contributed by atoms with Gasteiger partial charge in [0.25, 0.3) is 5.56 Å². The molecule has 4 heteroatoms. The quantitative estimate of drug-likeness (QED) is 0.944. The van der Waals surface area contributed by atoms with Crippen LogP contribution >= 0.6 is 0 Å². The van der Waals surface area contributed by atoms with Crippen LogP contribution in [0.1, 0.15) is 33.3 Å². The maximum Gasteiger partial charge on any atom is 0.256 e. The first kappa shape index (κ1) is 16.3. The van der Waals surface area contributed by atoms with Crippen molar-refractivity contribution in [1.82, 2.24) is 4.57 Å². The van der Waals surface area contributed by atoms with Crippen LogP contribution < -0.4 is 10.3 Å². The molecule has 4 nitrogen and oxygen atoms in total. The van der Waals surface area contributed by atoms with E-state index in [1.807, 2.05) is 44.2 Å². The van der Waals surface area contributed by atoms with Crippen LogP contribution in [0.3, 0.4) is 0 Å². The minimum atomic E-state index is -1.16. The molecule has 118 valence electrons. The molecule has 22 heavy (non-hydrogen) atoms. The number of hydrogen-bond acceptors (Lipinski definition) is 3. The van der Waals surface area contributed by atoms with E-state index in [2.05, 4.69) is 0 Å². The van der Waals surface area contributed by atoms with Gasteiger partial charge in [0, 0.05) is 18.2 Å². The summed E-state index contributed by atoms with van der Waals surface area (Å²) >= 11 is 0. The predicted molar refractivity (Wildman–Crippen MR) is 88.1 cm³/mol. The van der Waals surface area contributed by atoms with Gasteiger partial charge in [0.2, 0.25) is 0 Å². The van der Waals surface area contributed by atoms with Crippen molar-refractivity contribution < 1.29 is 9.84 Å². The van der Waals surface area contributed by atoms with Gasteiger partial charge in [-0.25, -0.2) is 0 Å². The average Bonchev–Trinajstić information content (AvgIpc) is 2.40. The number of aliphatic hydroxyl groups is 1. The lowest BCUT2D eigenvalue weighted by atomic mass is 9.99. The molecular formula is C18H23NO3. The van der Waals surface area contributed by atoms with E-state index in [-0.39, 0.29) is 11.7 Å². The van der Waals surface area contributed by atoms with E-state index < -0.39 is 5.60 Å². The number of rotatable bonds is 4. The Morgan fingerprint density at radius 3 is 2.45 bits per heavy atom. The van der Waals surface area contributed by atoms with E-state index in [0.29, 0.717) is 5.56 Å². The van der Waals surface area contributed by atoms with Crippen molar-refractivity contribution in [3.63, 3.8) is 0 Å². The third-order valence-electron chi connectivity index (χ3n) is 3.46. The molecule has 0 bridgehead atoms. The van der Waals surface area contributed by atoms with E-state index in [4.69, 9.17) is 4.74 Å². The molecule has 0 saturated heterocycles. The molecule has 0 fully saturated rings. The van der Waals surface area contributed by atoms with Crippen LogP contribution in [-0.2, 0) is 12.6 Å². The molecule has 0 unspecified atom stereocenters. The summed E-state index contributed by atoms with van der Waals surface area (Å²) in [6.07, 6.45) is 0.0941. The second kappa shape index (κ2) is 5.97. The number of nitrogens with zero attached hydrogens (tertiary/aromatic N) is 1. The summed E-state index contributed by atoms with van der Waals surface area (Å²) in [5.41, 5.74) is 0.719. The lowest BCUT2D eigenvalue weighted by molar-refractivity contribution is 0.0766. The maximum atomic E-state index is 12.4. The van der Waals surface area contributed by atoms with Crippen LogP contribution in [0, 0.1) is 0 Å². The van der Waals surface area contributed by atoms with Gasteiger partial charge in [-0.3, -0.25) is 4.79 Å². The van der Waals surface area contributed by atoms with E-state index in [1.54, 1.807) is 31.5 Å². The Hall–Kier alpha value is -2.07. The van der Waals surface area contributed by atoms with Crippen molar-refractivity contribution in [3.05, 3.63) is 52.3 Å². The van der Waals surface area contributed by atoms with Crippen molar-refractivity contribution in [1.29, 1.82) is 0 Å². The zero-order valence-corrected chi connectivity index (χ0v) is 13.8. The minimum absolute atomic E-state index is 0.0941. The molecule has 2 rings (SSSR count). The summed E-state index contributed by atoms with van der Waals surface area (Å²) in [4.78, 5) is 12.4. The van der Waals surface area contributed by atoms with Gasteiger partial charge in [0.1, 0.15) is 5.75 Å². The Morgan fingerprint density at radius 2 is 1.86 bits per heavy atom. The lowest BCUT2D eigenvalue weighted by Crippen LogP contribution is -2.31. The molecular weight excluding hydrogens is 278 g/mol. The molecule has 1 aromatic heterocycles. The van der Waals surface area contributed by atoms with Crippen molar-refractivity contribution in [2.45, 2.75) is 39.4 Å². The molecule has 1 heterocycles. The van der Waals surface area contributed by atoms with Gasteiger partial charge < -0.3 is 14.4 Å². The molecule has 0 radical (unpaired) electrons. The number of hydrogen-bond donors (Lipinski definition) is 1. The standard InChI is InChI=1S/C18H23NO3/c1-12(2)22-14-8-6-7-13(11-14)16-10-9-15(18(3,4)21)17(20)19(16)5/h6-12,21H,1-5H3. The first-order chi connectivity index (χ1) is 10.2. The summed E-state index contributed by atoms with van der Waals surface area (Å²) in [7, 11) is 1.71. The highest BCUT2D eigenvalue weighted by Crippen LogP contribution is 2.25. The van der Waals surface area contributed by atoms with Gasteiger partial charge in [-0.05, 0) is 52.0 Å². The smallest absolute Gasteiger partial charge is 0.256 e. The normalized spacial score (nSPS) is 11.8. The first-order valence-corrected chi connectivity index (χ1v) is 7.40. The van der Waals surface area contributed by atoms with Crippen molar-refractivity contribution in [2.24, 2.45) is 7.05 Å². The fraction of sp³-hybridized carbons (Fsp3) is 0.389. The van der Waals surface area contributed by atoms with E-state index >= 15 is 0 Å². The Labute approximate surface area is 131 Å². The fourth-order valence-corrected chi connectivity index (χ4v) is 2.39. The monoisotopic (exact) mass is 301 g/mol. The zero-order valence-electron chi connectivity index (χ0n) is 13.8. The van der Waals surface area contributed by atoms with Crippen LogP contribution in [0.2, 0.25) is 0 Å². The highest BCUT2D eigenvalue weighted by atomic mass is 16.5.